The quantitative estimate of drug-likeness (QED) is 0.602. The summed E-state index contributed by atoms with van der Waals surface area (Å²) in [6, 6.07) is 2.03. The fourth-order valence-electron chi connectivity index (χ4n) is 2.69. The number of benzene rings is 1. The average Bonchev–Trinajstić information content (AvgIpc) is 2.58. The van der Waals surface area contributed by atoms with Crippen LogP contribution in [0.1, 0.15) is 18.5 Å². The summed E-state index contributed by atoms with van der Waals surface area (Å²) in [4.78, 5) is 27.5. The number of methoxy groups -OCH3 is 1. The Labute approximate surface area is 144 Å². The Morgan fingerprint density at radius 2 is 1.88 bits per heavy atom. The number of amides is 2. The van der Waals surface area contributed by atoms with Crippen LogP contribution in [-0.2, 0) is 14.3 Å². The SMILES string of the molecule is COCCOC(=O)C1=C(C)N(C)C(=O)N(C)[C@H]1c1ccc(F)c(F)c1. The maximum absolute atomic E-state index is 13.7. The first-order valence-electron chi connectivity index (χ1n) is 7.61. The number of likely N-dealkylation sites (N-methyl/N-ethyl adjacent to an activating group) is 1. The molecular weight excluding hydrogens is 334 g/mol. The zero-order valence-electron chi connectivity index (χ0n) is 14.5. The van der Waals surface area contributed by atoms with E-state index in [0.717, 1.165) is 12.1 Å². The minimum Gasteiger partial charge on any atom is -0.460 e. The van der Waals surface area contributed by atoms with Crippen molar-refractivity contribution < 1.29 is 27.8 Å². The van der Waals surface area contributed by atoms with Crippen molar-refractivity contribution in [2.75, 3.05) is 34.4 Å². The number of nitrogens with zero attached hydrogens (tertiary/aromatic N) is 2. The molecule has 0 N–H and O–H groups in total. The third kappa shape index (κ3) is 3.63. The van der Waals surface area contributed by atoms with Crippen LogP contribution in [0.5, 0.6) is 0 Å². The molecule has 1 aliphatic rings. The molecule has 0 aliphatic carbocycles. The van der Waals surface area contributed by atoms with Crippen LogP contribution >= 0.6 is 0 Å². The largest absolute Gasteiger partial charge is 0.460 e. The topological polar surface area (TPSA) is 59.1 Å². The zero-order chi connectivity index (χ0) is 18.7. The molecule has 1 aromatic rings. The Kier molecular flexibility index (Phi) is 5.73. The lowest BCUT2D eigenvalue weighted by Gasteiger charge is -2.39. The van der Waals surface area contributed by atoms with Gasteiger partial charge in [0, 0.05) is 26.9 Å². The highest BCUT2D eigenvalue weighted by Gasteiger charge is 2.39. The lowest BCUT2D eigenvalue weighted by atomic mass is 9.93. The third-order valence-electron chi connectivity index (χ3n) is 4.14. The molecule has 0 saturated carbocycles. The number of halogens is 2. The van der Waals surface area contributed by atoms with Crippen molar-refractivity contribution >= 4 is 12.0 Å². The first-order chi connectivity index (χ1) is 11.8. The average molecular weight is 354 g/mol. The van der Waals surface area contributed by atoms with Gasteiger partial charge in [-0.05, 0) is 24.6 Å². The number of rotatable bonds is 5. The van der Waals surface area contributed by atoms with Crippen molar-refractivity contribution in [1.82, 2.24) is 9.80 Å². The Morgan fingerprint density at radius 1 is 1.20 bits per heavy atom. The Morgan fingerprint density at radius 3 is 2.48 bits per heavy atom. The number of hydrogen-bond acceptors (Lipinski definition) is 4. The van der Waals surface area contributed by atoms with Crippen molar-refractivity contribution in [2.24, 2.45) is 0 Å². The summed E-state index contributed by atoms with van der Waals surface area (Å²) in [6.45, 7) is 1.86. The molecule has 1 aliphatic heterocycles. The van der Waals surface area contributed by atoms with E-state index < -0.39 is 23.6 Å². The van der Waals surface area contributed by atoms with E-state index in [2.05, 4.69) is 0 Å². The van der Waals surface area contributed by atoms with Crippen molar-refractivity contribution in [2.45, 2.75) is 13.0 Å². The zero-order valence-corrected chi connectivity index (χ0v) is 14.5. The summed E-state index contributed by atoms with van der Waals surface area (Å²) < 4.78 is 37.0. The fourth-order valence-corrected chi connectivity index (χ4v) is 2.69. The Hall–Kier alpha value is -2.48. The number of allylic oxidation sites excluding steroid dienone is 1. The second kappa shape index (κ2) is 7.60. The minimum absolute atomic E-state index is 0.0397. The van der Waals surface area contributed by atoms with Gasteiger partial charge in [-0.2, -0.15) is 0 Å². The molecule has 0 fully saturated rings. The molecule has 0 spiro atoms. The van der Waals surface area contributed by atoms with Crippen LogP contribution in [0, 0.1) is 11.6 Å². The second-order valence-corrected chi connectivity index (χ2v) is 5.66. The monoisotopic (exact) mass is 354 g/mol. The molecule has 0 radical (unpaired) electrons. The van der Waals surface area contributed by atoms with Crippen LogP contribution in [0.2, 0.25) is 0 Å². The van der Waals surface area contributed by atoms with Gasteiger partial charge in [-0.1, -0.05) is 6.07 Å². The predicted octanol–water partition coefficient (Wildman–Crippen LogP) is 2.47. The van der Waals surface area contributed by atoms with Gasteiger partial charge in [0.25, 0.3) is 0 Å². The second-order valence-electron chi connectivity index (χ2n) is 5.66. The van der Waals surface area contributed by atoms with Crippen molar-refractivity contribution in [1.29, 1.82) is 0 Å². The summed E-state index contributed by atoms with van der Waals surface area (Å²) in [6.07, 6.45) is 0. The molecule has 0 saturated heterocycles. The van der Waals surface area contributed by atoms with Gasteiger partial charge >= 0.3 is 12.0 Å². The molecule has 2 rings (SSSR count). The maximum atomic E-state index is 13.7. The number of hydrogen-bond donors (Lipinski definition) is 0. The summed E-state index contributed by atoms with van der Waals surface area (Å²) >= 11 is 0. The molecule has 136 valence electrons. The fraction of sp³-hybridized carbons (Fsp3) is 0.412. The summed E-state index contributed by atoms with van der Waals surface area (Å²) in [5, 5.41) is 0. The van der Waals surface area contributed by atoms with E-state index in [1.54, 1.807) is 6.92 Å². The van der Waals surface area contributed by atoms with Crippen molar-refractivity contribution in [3.63, 3.8) is 0 Å². The number of esters is 1. The van der Waals surface area contributed by atoms with E-state index >= 15 is 0 Å². The van der Waals surface area contributed by atoms with Gasteiger partial charge in [-0.3, -0.25) is 0 Å². The highest BCUT2D eigenvalue weighted by atomic mass is 19.2. The number of carbonyl (C=O) groups excluding carboxylic acids is 2. The Balaban J connectivity index is 2.49. The maximum Gasteiger partial charge on any atom is 0.338 e. The molecule has 0 unspecified atom stereocenters. The van der Waals surface area contributed by atoms with E-state index in [1.807, 2.05) is 0 Å². The van der Waals surface area contributed by atoms with Crippen LogP contribution in [0.4, 0.5) is 13.6 Å². The molecule has 0 aromatic heterocycles. The molecule has 0 bridgehead atoms. The highest BCUT2D eigenvalue weighted by molar-refractivity contribution is 5.94. The summed E-state index contributed by atoms with van der Waals surface area (Å²) in [5.74, 6) is -2.70. The molecule has 1 atom stereocenters. The van der Waals surface area contributed by atoms with Gasteiger partial charge in [0.2, 0.25) is 0 Å². The number of carbonyl (C=O) groups is 2. The van der Waals surface area contributed by atoms with E-state index in [0.29, 0.717) is 5.70 Å². The van der Waals surface area contributed by atoms with Gasteiger partial charge in [0.1, 0.15) is 6.61 Å². The van der Waals surface area contributed by atoms with Gasteiger partial charge in [-0.25, -0.2) is 18.4 Å². The van der Waals surface area contributed by atoms with E-state index in [1.165, 1.54) is 37.1 Å². The van der Waals surface area contributed by atoms with Crippen LogP contribution < -0.4 is 0 Å². The Bertz CT molecular complexity index is 721. The molecular formula is C17H20F2N2O4. The van der Waals surface area contributed by atoms with Gasteiger partial charge in [-0.15, -0.1) is 0 Å². The first-order valence-corrected chi connectivity index (χ1v) is 7.61. The summed E-state index contributed by atoms with van der Waals surface area (Å²) in [5.41, 5.74) is 0.854. The first kappa shape index (κ1) is 18.9. The predicted molar refractivity (Wildman–Crippen MR) is 85.6 cm³/mol. The van der Waals surface area contributed by atoms with Crippen LogP contribution in [0.3, 0.4) is 0 Å². The normalized spacial score (nSPS) is 18.0. The molecule has 2 amide bonds. The molecule has 25 heavy (non-hydrogen) atoms. The lowest BCUT2D eigenvalue weighted by molar-refractivity contribution is -0.141. The molecule has 8 heteroatoms. The smallest absolute Gasteiger partial charge is 0.338 e. The van der Waals surface area contributed by atoms with Gasteiger partial charge < -0.3 is 19.3 Å². The third-order valence-corrected chi connectivity index (χ3v) is 4.14. The summed E-state index contributed by atoms with van der Waals surface area (Å²) in [7, 11) is 4.49. The van der Waals surface area contributed by atoms with Crippen molar-refractivity contribution in [3.8, 4) is 0 Å². The number of urea groups is 1. The van der Waals surface area contributed by atoms with Crippen LogP contribution in [0.15, 0.2) is 29.5 Å². The van der Waals surface area contributed by atoms with E-state index in [9.17, 15) is 18.4 Å². The lowest BCUT2D eigenvalue weighted by Crippen LogP contribution is -2.47. The highest BCUT2D eigenvalue weighted by Crippen LogP contribution is 2.36. The minimum atomic E-state index is -1.05. The van der Waals surface area contributed by atoms with Crippen LogP contribution in [-0.4, -0.2) is 56.2 Å². The van der Waals surface area contributed by atoms with Crippen LogP contribution in [0.25, 0.3) is 0 Å². The number of ether oxygens (including phenoxy) is 2. The van der Waals surface area contributed by atoms with E-state index in [4.69, 9.17) is 9.47 Å². The van der Waals surface area contributed by atoms with Gasteiger partial charge in [0.05, 0.1) is 18.2 Å². The molecule has 6 nitrogen and oxygen atoms in total. The van der Waals surface area contributed by atoms with Crippen molar-refractivity contribution in [3.05, 3.63) is 46.7 Å². The standard InChI is InChI=1S/C17H20F2N2O4/c1-10-14(16(22)25-8-7-24-4)15(21(3)17(23)20(10)2)11-5-6-12(18)13(19)9-11/h5-6,9,15H,7-8H2,1-4H3/t15-/m0/s1. The molecule has 1 aromatic carbocycles. The van der Waals surface area contributed by atoms with E-state index in [-0.39, 0.29) is 30.4 Å². The van der Waals surface area contributed by atoms with Gasteiger partial charge in [0.15, 0.2) is 11.6 Å². The molecule has 1 heterocycles.